The number of rotatable bonds is 2. The highest BCUT2D eigenvalue weighted by atomic mass is 16.5. The smallest absolute Gasteiger partial charge is 0.246 e. The number of imide groups is 2. The summed E-state index contributed by atoms with van der Waals surface area (Å²) in [7, 11) is 5.19. The molecule has 4 fully saturated rings. The molecule has 0 aromatic carbocycles. The van der Waals surface area contributed by atoms with E-state index >= 15 is 0 Å². The average Bonchev–Trinajstić information content (AvgIpc) is 3.14. The van der Waals surface area contributed by atoms with Gasteiger partial charge in [-0.2, -0.15) is 0 Å². The summed E-state index contributed by atoms with van der Waals surface area (Å²) in [6.07, 6.45) is 0.689. The first kappa shape index (κ1) is 21.8. The fourth-order valence-corrected chi connectivity index (χ4v) is 4.07. The van der Waals surface area contributed by atoms with Gasteiger partial charge in [-0.25, -0.2) is 0 Å². The largest absolute Gasteiger partial charge is 0.379 e. The molecule has 4 amide bonds. The van der Waals surface area contributed by atoms with Crippen molar-refractivity contribution in [2.75, 3.05) is 73.6 Å². The van der Waals surface area contributed by atoms with E-state index in [1.807, 2.05) is 4.90 Å². The number of nitrogens with zero attached hydrogens (tertiary/aromatic N) is 5. The topological polar surface area (TPSA) is 93.7 Å². The van der Waals surface area contributed by atoms with Crippen molar-refractivity contribution in [1.82, 2.24) is 24.5 Å². The predicted octanol–water partition coefficient (Wildman–Crippen LogP) is -1.93. The van der Waals surface area contributed by atoms with E-state index in [0.717, 1.165) is 39.3 Å². The Kier molecular flexibility index (Phi) is 6.99. The fourth-order valence-electron chi connectivity index (χ4n) is 4.07. The van der Waals surface area contributed by atoms with Gasteiger partial charge in [0.15, 0.2) is 0 Å². The zero-order chi connectivity index (χ0) is 21.1. The number of morpholine rings is 1. The molecule has 2 unspecified atom stereocenters. The number of ether oxygens (including phenoxy) is 1. The lowest BCUT2D eigenvalue weighted by Gasteiger charge is -2.34. The van der Waals surface area contributed by atoms with Gasteiger partial charge < -0.3 is 9.64 Å². The average molecular weight is 409 g/mol. The number of piperazine rings is 1. The summed E-state index contributed by atoms with van der Waals surface area (Å²) in [6.45, 7) is 6.52. The summed E-state index contributed by atoms with van der Waals surface area (Å²) in [6, 6.07) is -0.437. The lowest BCUT2D eigenvalue weighted by molar-refractivity contribution is -0.140. The van der Waals surface area contributed by atoms with Gasteiger partial charge >= 0.3 is 0 Å². The molecule has 0 N–H and O–H groups in total. The molecule has 4 rings (SSSR count). The zero-order valence-electron chi connectivity index (χ0n) is 17.5. The van der Waals surface area contributed by atoms with E-state index in [4.69, 9.17) is 4.74 Å². The maximum atomic E-state index is 11.7. The van der Waals surface area contributed by atoms with Gasteiger partial charge in [-0.3, -0.25) is 38.8 Å². The van der Waals surface area contributed by atoms with Crippen molar-refractivity contribution in [3.63, 3.8) is 0 Å². The molecule has 10 heteroatoms. The van der Waals surface area contributed by atoms with Crippen molar-refractivity contribution in [2.45, 2.75) is 24.9 Å². The second kappa shape index (κ2) is 9.29. The molecule has 4 aliphatic heterocycles. The molecular weight excluding hydrogens is 378 g/mol. The minimum Gasteiger partial charge on any atom is -0.379 e. The monoisotopic (exact) mass is 409 g/mol. The van der Waals surface area contributed by atoms with Gasteiger partial charge in [0.2, 0.25) is 23.6 Å². The van der Waals surface area contributed by atoms with E-state index in [2.05, 4.69) is 16.8 Å². The van der Waals surface area contributed by atoms with Crippen LogP contribution in [-0.4, -0.2) is 134 Å². The quantitative estimate of drug-likeness (QED) is 0.487. The van der Waals surface area contributed by atoms with Crippen LogP contribution < -0.4 is 0 Å². The maximum absolute atomic E-state index is 11.7. The Morgan fingerprint density at radius 3 is 1.45 bits per heavy atom. The molecule has 0 radical (unpaired) electrons. The molecule has 4 aliphatic rings. The molecule has 0 aromatic heterocycles. The highest BCUT2D eigenvalue weighted by Gasteiger charge is 2.41. The standard InChI is InChI=1S/C10H17N3O2.C9H14N2O3/c1-11-3-5-13(6-4-11)8-7-9(14)12(2)10(8)15;1-10-8(12)6-7(9(10)13)11-2-4-14-5-3-11/h8H,3-7H2,1-2H3;7H,2-6H2,1H3. The highest BCUT2D eigenvalue weighted by molar-refractivity contribution is 6.05. The summed E-state index contributed by atoms with van der Waals surface area (Å²) < 4.78 is 5.20. The van der Waals surface area contributed by atoms with Crippen LogP contribution >= 0.6 is 0 Å². The van der Waals surface area contributed by atoms with Gasteiger partial charge in [-0.15, -0.1) is 0 Å². The molecule has 0 aromatic rings. The summed E-state index contributed by atoms with van der Waals surface area (Å²) >= 11 is 0. The van der Waals surface area contributed by atoms with E-state index in [9.17, 15) is 19.2 Å². The molecule has 0 saturated carbocycles. The van der Waals surface area contributed by atoms with Crippen LogP contribution in [0.3, 0.4) is 0 Å². The van der Waals surface area contributed by atoms with Gasteiger partial charge in [0, 0.05) is 53.4 Å². The normalized spacial score (nSPS) is 30.2. The summed E-state index contributed by atoms with van der Waals surface area (Å²) in [4.78, 5) is 54.9. The highest BCUT2D eigenvalue weighted by Crippen LogP contribution is 2.19. The van der Waals surface area contributed by atoms with Crippen molar-refractivity contribution in [3.8, 4) is 0 Å². The molecule has 4 heterocycles. The summed E-state index contributed by atoms with van der Waals surface area (Å²) in [5, 5.41) is 0. The van der Waals surface area contributed by atoms with Crippen molar-refractivity contribution >= 4 is 23.6 Å². The predicted molar refractivity (Wildman–Crippen MR) is 104 cm³/mol. The Morgan fingerprint density at radius 1 is 0.655 bits per heavy atom. The van der Waals surface area contributed by atoms with Gasteiger partial charge in [0.1, 0.15) is 0 Å². The second-order valence-electron chi connectivity index (χ2n) is 8.01. The minimum atomic E-state index is -0.239. The Hall–Kier alpha value is -1.88. The number of hydrogen-bond acceptors (Lipinski definition) is 8. The van der Waals surface area contributed by atoms with E-state index in [1.54, 1.807) is 14.1 Å². The van der Waals surface area contributed by atoms with Crippen LogP contribution in [0.1, 0.15) is 12.8 Å². The van der Waals surface area contributed by atoms with Crippen molar-refractivity contribution < 1.29 is 23.9 Å². The SMILES string of the molecule is CN1C(=O)CC(N2CCOCC2)C1=O.CN1CCN(C2CC(=O)N(C)C2=O)CC1. The van der Waals surface area contributed by atoms with Gasteiger partial charge in [-0.05, 0) is 7.05 Å². The van der Waals surface area contributed by atoms with E-state index < -0.39 is 0 Å². The Morgan fingerprint density at radius 2 is 1.07 bits per heavy atom. The van der Waals surface area contributed by atoms with E-state index in [1.165, 1.54) is 9.80 Å². The van der Waals surface area contributed by atoms with Crippen LogP contribution in [0.5, 0.6) is 0 Å². The summed E-state index contributed by atoms with van der Waals surface area (Å²) in [5.41, 5.74) is 0. The van der Waals surface area contributed by atoms with Gasteiger partial charge in [-0.1, -0.05) is 0 Å². The van der Waals surface area contributed by atoms with Crippen molar-refractivity contribution in [3.05, 3.63) is 0 Å². The molecular formula is C19H31N5O5. The number of carbonyl (C=O) groups excluding carboxylic acids is 4. The molecule has 0 bridgehead atoms. The Balaban J connectivity index is 0.000000166. The van der Waals surface area contributed by atoms with Crippen molar-refractivity contribution in [2.24, 2.45) is 0 Å². The fraction of sp³-hybridized carbons (Fsp3) is 0.789. The second-order valence-corrected chi connectivity index (χ2v) is 8.01. The zero-order valence-corrected chi connectivity index (χ0v) is 17.5. The molecule has 29 heavy (non-hydrogen) atoms. The van der Waals surface area contributed by atoms with Crippen LogP contribution in [0, 0.1) is 0 Å². The lowest BCUT2D eigenvalue weighted by Crippen LogP contribution is -2.51. The summed E-state index contributed by atoms with van der Waals surface area (Å²) in [5.74, 6) is -0.239. The van der Waals surface area contributed by atoms with Gasteiger partial charge in [0.25, 0.3) is 0 Å². The number of carbonyl (C=O) groups is 4. The Labute approximate surface area is 171 Å². The molecule has 0 spiro atoms. The van der Waals surface area contributed by atoms with Crippen LogP contribution in [0.2, 0.25) is 0 Å². The third-order valence-electron chi connectivity index (χ3n) is 6.18. The first-order valence-electron chi connectivity index (χ1n) is 10.1. The first-order chi connectivity index (χ1) is 13.8. The van der Waals surface area contributed by atoms with Gasteiger partial charge in [0.05, 0.1) is 38.1 Å². The third-order valence-corrected chi connectivity index (χ3v) is 6.18. The van der Waals surface area contributed by atoms with E-state index in [0.29, 0.717) is 26.1 Å². The van der Waals surface area contributed by atoms with Crippen LogP contribution in [-0.2, 0) is 23.9 Å². The van der Waals surface area contributed by atoms with Crippen LogP contribution in [0.4, 0.5) is 0 Å². The van der Waals surface area contributed by atoms with Crippen LogP contribution in [0.15, 0.2) is 0 Å². The molecule has 0 aliphatic carbocycles. The van der Waals surface area contributed by atoms with E-state index in [-0.39, 0.29) is 35.7 Å². The van der Waals surface area contributed by atoms with Crippen LogP contribution in [0.25, 0.3) is 0 Å². The maximum Gasteiger partial charge on any atom is 0.246 e. The Bertz CT molecular complexity index is 657. The first-order valence-corrected chi connectivity index (χ1v) is 10.1. The number of hydrogen-bond donors (Lipinski definition) is 0. The molecule has 2 atom stereocenters. The third kappa shape index (κ3) is 4.82. The number of likely N-dealkylation sites (N-methyl/N-ethyl adjacent to an activating group) is 3. The molecule has 10 nitrogen and oxygen atoms in total. The minimum absolute atomic E-state index is 0.0375. The molecule has 162 valence electrons. The lowest BCUT2D eigenvalue weighted by atomic mass is 10.2. The molecule has 4 saturated heterocycles. The van der Waals surface area contributed by atoms with Crippen molar-refractivity contribution in [1.29, 1.82) is 0 Å². The number of amides is 4. The number of likely N-dealkylation sites (tertiary alicyclic amines) is 2.